The van der Waals surface area contributed by atoms with E-state index in [4.69, 9.17) is 10.5 Å². The number of nitrogens with two attached hydrogens (primary N) is 1. The molecule has 0 aliphatic rings. The molecular formula is C14H22N2O2S. The average molecular weight is 282 g/mol. The largest absolute Gasteiger partial charge is 0.465 e. The van der Waals surface area contributed by atoms with Gasteiger partial charge in [0.25, 0.3) is 0 Å². The lowest BCUT2D eigenvalue weighted by Crippen LogP contribution is -2.08. The maximum Gasteiger partial charge on any atom is 0.340 e. The van der Waals surface area contributed by atoms with Crippen LogP contribution in [-0.4, -0.2) is 31.6 Å². The van der Waals surface area contributed by atoms with E-state index in [1.807, 2.05) is 17.8 Å². The molecule has 0 atom stereocenters. The van der Waals surface area contributed by atoms with Gasteiger partial charge in [-0.2, -0.15) is 11.8 Å². The highest BCUT2D eigenvalue weighted by atomic mass is 32.2. The fraction of sp³-hybridized carbons (Fsp3) is 0.500. The van der Waals surface area contributed by atoms with Crippen LogP contribution in [-0.2, 0) is 4.74 Å². The van der Waals surface area contributed by atoms with E-state index in [0.717, 1.165) is 18.7 Å². The van der Waals surface area contributed by atoms with Crippen molar-refractivity contribution in [1.29, 1.82) is 0 Å². The monoisotopic (exact) mass is 282 g/mol. The molecule has 106 valence electrons. The van der Waals surface area contributed by atoms with Gasteiger partial charge >= 0.3 is 5.97 Å². The number of benzene rings is 1. The van der Waals surface area contributed by atoms with Crippen molar-refractivity contribution in [2.75, 3.05) is 36.7 Å². The predicted molar refractivity (Wildman–Crippen MR) is 82.9 cm³/mol. The van der Waals surface area contributed by atoms with Crippen LogP contribution in [0.2, 0.25) is 0 Å². The zero-order chi connectivity index (χ0) is 14.1. The number of hydrogen-bond donors (Lipinski definition) is 2. The minimum absolute atomic E-state index is 0.402. The standard InChI is InChI=1S/C14H22N2O2S/c1-18-14(17)12-10-11(6-7-13(12)15)16-8-4-3-5-9-19-2/h6-7,10,16H,3-5,8-9,15H2,1-2H3. The zero-order valence-electron chi connectivity index (χ0n) is 11.6. The summed E-state index contributed by atoms with van der Waals surface area (Å²) in [6.45, 7) is 0.902. The number of thioether (sulfide) groups is 1. The van der Waals surface area contributed by atoms with Crippen LogP contribution < -0.4 is 11.1 Å². The Labute approximate surface area is 119 Å². The van der Waals surface area contributed by atoms with Crippen LogP contribution in [0.15, 0.2) is 18.2 Å². The quantitative estimate of drug-likeness (QED) is 0.436. The summed E-state index contributed by atoms with van der Waals surface area (Å²) in [5.41, 5.74) is 7.50. The van der Waals surface area contributed by atoms with E-state index in [1.165, 1.54) is 25.7 Å². The maximum atomic E-state index is 11.5. The topological polar surface area (TPSA) is 64.3 Å². The molecule has 5 heteroatoms. The third kappa shape index (κ3) is 5.42. The summed E-state index contributed by atoms with van der Waals surface area (Å²) in [5, 5.41) is 3.30. The minimum atomic E-state index is -0.402. The lowest BCUT2D eigenvalue weighted by atomic mass is 10.1. The van der Waals surface area contributed by atoms with Crippen molar-refractivity contribution in [3.63, 3.8) is 0 Å². The molecule has 0 heterocycles. The van der Waals surface area contributed by atoms with Gasteiger partial charge in [0.05, 0.1) is 12.7 Å². The first-order chi connectivity index (χ1) is 9.19. The Bertz CT molecular complexity index is 410. The number of hydrogen-bond acceptors (Lipinski definition) is 5. The van der Waals surface area contributed by atoms with E-state index >= 15 is 0 Å². The van der Waals surface area contributed by atoms with E-state index < -0.39 is 5.97 Å². The number of methoxy groups -OCH3 is 1. The Morgan fingerprint density at radius 2 is 2.16 bits per heavy atom. The number of anilines is 2. The van der Waals surface area contributed by atoms with Gasteiger partial charge in [0, 0.05) is 17.9 Å². The molecule has 0 aromatic heterocycles. The summed E-state index contributed by atoms with van der Waals surface area (Å²) in [4.78, 5) is 11.5. The summed E-state index contributed by atoms with van der Waals surface area (Å²) in [7, 11) is 1.35. The number of ether oxygens (including phenoxy) is 1. The highest BCUT2D eigenvalue weighted by Crippen LogP contribution is 2.18. The van der Waals surface area contributed by atoms with Gasteiger partial charge < -0.3 is 15.8 Å². The van der Waals surface area contributed by atoms with Crippen LogP contribution in [0.3, 0.4) is 0 Å². The van der Waals surface area contributed by atoms with Crippen molar-refractivity contribution in [2.24, 2.45) is 0 Å². The lowest BCUT2D eigenvalue weighted by molar-refractivity contribution is 0.0602. The van der Waals surface area contributed by atoms with Crippen molar-refractivity contribution in [3.05, 3.63) is 23.8 Å². The van der Waals surface area contributed by atoms with Gasteiger partial charge in [-0.25, -0.2) is 4.79 Å². The molecule has 3 N–H and O–H groups in total. The first kappa shape index (κ1) is 15.7. The second-order valence-electron chi connectivity index (χ2n) is 4.27. The van der Waals surface area contributed by atoms with Crippen LogP contribution >= 0.6 is 11.8 Å². The second kappa shape index (κ2) is 8.69. The van der Waals surface area contributed by atoms with Crippen LogP contribution in [0.25, 0.3) is 0 Å². The molecule has 0 amide bonds. The number of rotatable bonds is 8. The molecule has 19 heavy (non-hydrogen) atoms. The Hall–Kier alpha value is -1.36. The summed E-state index contributed by atoms with van der Waals surface area (Å²) in [6.07, 6.45) is 5.71. The number of nitrogen functional groups attached to an aromatic ring is 1. The van der Waals surface area contributed by atoms with Crippen molar-refractivity contribution >= 4 is 29.1 Å². The van der Waals surface area contributed by atoms with Gasteiger partial charge in [-0.05, 0) is 43.0 Å². The van der Waals surface area contributed by atoms with Crippen molar-refractivity contribution in [3.8, 4) is 0 Å². The molecule has 1 aromatic carbocycles. The number of carbonyl (C=O) groups excluding carboxylic acids is 1. The molecule has 0 fully saturated rings. The van der Waals surface area contributed by atoms with E-state index in [9.17, 15) is 4.79 Å². The number of unbranched alkanes of at least 4 members (excludes halogenated alkanes) is 2. The van der Waals surface area contributed by atoms with E-state index in [1.54, 1.807) is 12.1 Å². The van der Waals surface area contributed by atoms with Crippen molar-refractivity contribution < 1.29 is 9.53 Å². The molecule has 0 unspecified atom stereocenters. The molecular weight excluding hydrogens is 260 g/mol. The normalized spacial score (nSPS) is 10.2. The number of carbonyl (C=O) groups is 1. The van der Waals surface area contributed by atoms with E-state index in [-0.39, 0.29) is 0 Å². The molecule has 1 rings (SSSR count). The van der Waals surface area contributed by atoms with Gasteiger partial charge in [0.1, 0.15) is 0 Å². The second-order valence-corrected chi connectivity index (χ2v) is 5.26. The Morgan fingerprint density at radius 1 is 1.37 bits per heavy atom. The van der Waals surface area contributed by atoms with Crippen molar-refractivity contribution in [2.45, 2.75) is 19.3 Å². The fourth-order valence-corrected chi connectivity index (χ4v) is 2.23. The average Bonchev–Trinajstić information content (AvgIpc) is 2.43. The lowest BCUT2D eigenvalue weighted by Gasteiger charge is -2.09. The molecule has 0 saturated carbocycles. The fourth-order valence-electron chi connectivity index (χ4n) is 1.73. The van der Waals surface area contributed by atoms with Gasteiger partial charge in [0.15, 0.2) is 0 Å². The van der Waals surface area contributed by atoms with Gasteiger partial charge in [-0.15, -0.1) is 0 Å². The minimum Gasteiger partial charge on any atom is -0.465 e. The van der Waals surface area contributed by atoms with Gasteiger partial charge in [0.2, 0.25) is 0 Å². The summed E-state index contributed by atoms with van der Waals surface area (Å²) < 4.78 is 4.69. The SMILES string of the molecule is COC(=O)c1cc(NCCCCCSC)ccc1N. The van der Waals surface area contributed by atoms with Crippen molar-refractivity contribution in [1.82, 2.24) is 0 Å². The van der Waals surface area contributed by atoms with E-state index in [2.05, 4.69) is 11.6 Å². The zero-order valence-corrected chi connectivity index (χ0v) is 12.4. The van der Waals surface area contributed by atoms with Gasteiger partial charge in [-0.3, -0.25) is 0 Å². The smallest absolute Gasteiger partial charge is 0.340 e. The van der Waals surface area contributed by atoms with Crippen LogP contribution in [0.4, 0.5) is 11.4 Å². The Morgan fingerprint density at radius 3 is 2.84 bits per heavy atom. The molecule has 0 aliphatic heterocycles. The van der Waals surface area contributed by atoms with Crippen LogP contribution in [0.5, 0.6) is 0 Å². The molecule has 1 aromatic rings. The Kier molecular flexibility index (Phi) is 7.18. The first-order valence-corrected chi connectivity index (χ1v) is 7.79. The third-order valence-electron chi connectivity index (χ3n) is 2.81. The third-order valence-corrected chi connectivity index (χ3v) is 3.51. The molecule has 0 radical (unpaired) electrons. The number of nitrogens with one attached hydrogen (secondary N) is 1. The molecule has 0 bridgehead atoms. The highest BCUT2D eigenvalue weighted by Gasteiger charge is 2.10. The molecule has 0 saturated heterocycles. The maximum absolute atomic E-state index is 11.5. The predicted octanol–water partition coefficient (Wildman–Crippen LogP) is 3.00. The summed E-state index contributed by atoms with van der Waals surface area (Å²) in [6, 6.07) is 5.34. The van der Waals surface area contributed by atoms with Crippen LogP contribution in [0, 0.1) is 0 Å². The summed E-state index contributed by atoms with van der Waals surface area (Å²) in [5.74, 6) is 0.815. The first-order valence-electron chi connectivity index (χ1n) is 6.39. The highest BCUT2D eigenvalue weighted by molar-refractivity contribution is 7.98. The van der Waals surface area contributed by atoms with E-state index in [0.29, 0.717) is 11.3 Å². The molecule has 0 spiro atoms. The summed E-state index contributed by atoms with van der Waals surface area (Å²) >= 11 is 1.88. The van der Waals surface area contributed by atoms with Crippen LogP contribution in [0.1, 0.15) is 29.6 Å². The van der Waals surface area contributed by atoms with Gasteiger partial charge in [-0.1, -0.05) is 6.42 Å². The number of esters is 1. The molecule has 4 nitrogen and oxygen atoms in total. The molecule has 0 aliphatic carbocycles. The Balaban J connectivity index is 2.44.